The molecular weight excluding hydrogens is 236 g/mol. The molecule has 0 unspecified atom stereocenters. The summed E-state index contributed by atoms with van der Waals surface area (Å²) < 4.78 is 0. The molecule has 0 saturated heterocycles. The monoisotopic (exact) mass is 258 g/mol. The molecule has 0 heterocycles. The standard InChI is InChI=1S/C13H22N2O.ClH/c14-11(10-3-1-2-4-10)12(16)15-13-6-5-9(7-13)8-13;/h9-11H,1-8,14H2,(H,15,16);1H/t9?,11-,13?;/m1./s1. The summed E-state index contributed by atoms with van der Waals surface area (Å²) in [6, 6.07) is -0.253. The topological polar surface area (TPSA) is 55.1 Å². The van der Waals surface area contributed by atoms with E-state index in [1.54, 1.807) is 0 Å². The molecule has 4 heteroatoms. The Morgan fingerprint density at radius 3 is 2.41 bits per heavy atom. The van der Waals surface area contributed by atoms with Crippen LogP contribution in [-0.4, -0.2) is 17.5 Å². The maximum absolute atomic E-state index is 12.1. The summed E-state index contributed by atoms with van der Waals surface area (Å²) in [7, 11) is 0. The number of hydrogen-bond acceptors (Lipinski definition) is 2. The summed E-state index contributed by atoms with van der Waals surface area (Å²) in [6.45, 7) is 0. The molecule has 0 spiro atoms. The van der Waals surface area contributed by atoms with E-state index in [4.69, 9.17) is 5.73 Å². The Morgan fingerprint density at radius 1 is 1.24 bits per heavy atom. The van der Waals surface area contributed by atoms with E-state index in [0.29, 0.717) is 5.92 Å². The van der Waals surface area contributed by atoms with E-state index in [1.165, 1.54) is 38.5 Å². The maximum atomic E-state index is 12.1. The fourth-order valence-electron chi connectivity index (χ4n) is 3.97. The molecule has 0 aromatic heterocycles. The molecule has 4 saturated carbocycles. The highest BCUT2D eigenvalue weighted by Gasteiger charge is 2.51. The lowest BCUT2D eigenvalue weighted by atomic mass is 9.77. The molecule has 1 amide bonds. The van der Waals surface area contributed by atoms with E-state index in [9.17, 15) is 4.79 Å². The van der Waals surface area contributed by atoms with Gasteiger partial charge in [0, 0.05) is 5.54 Å². The first-order valence-corrected chi connectivity index (χ1v) is 6.76. The van der Waals surface area contributed by atoms with Crippen molar-refractivity contribution in [3.63, 3.8) is 0 Å². The molecule has 4 fully saturated rings. The van der Waals surface area contributed by atoms with Crippen molar-refractivity contribution in [1.29, 1.82) is 0 Å². The molecule has 3 N–H and O–H groups in total. The van der Waals surface area contributed by atoms with Crippen molar-refractivity contribution >= 4 is 18.3 Å². The molecule has 0 aromatic rings. The lowest BCUT2D eigenvalue weighted by Crippen LogP contribution is -2.57. The third kappa shape index (κ3) is 2.32. The van der Waals surface area contributed by atoms with Gasteiger partial charge in [-0.1, -0.05) is 12.8 Å². The van der Waals surface area contributed by atoms with Crippen molar-refractivity contribution < 1.29 is 4.79 Å². The highest BCUT2D eigenvalue weighted by molar-refractivity contribution is 5.85. The van der Waals surface area contributed by atoms with Crippen molar-refractivity contribution in [2.75, 3.05) is 0 Å². The van der Waals surface area contributed by atoms with Gasteiger partial charge in [0.15, 0.2) is 0 Å². The first-order chi connectivity index (χ1) is 7.69. The van der Waals surface area contributed by atoms with Gasteiger partial charge in [-0.15, -0.1) is 12.4 Å². The van der Waals surface area contributed by atoms with Crippen LogP contribution in [0.4, 0.5) is 0 Å². The van der Waals surface area contributed by atoms with Gasteiger partial charge in [-0.05, 0) is 50.4 Å². The van der Waals surface area contributed by atoms with Gasteiger partial charge < -0.3 is 11.1 Å². The van der Waals surface area contributed by atoms with Crippen LogP contribution >= 0.6 is 12.4 Å². The Labute approximate surface area is 109 Å². The highest BCUT2D eigenvalue weighted by atomic mass is 35.5. The van der Waals surface area contributed by atoms with Gasteiger partial charge in [0.25, 0.3) is 0 Å². The van der Waals surface area contributed by atoms with Crippen LogP contribution in [0.3, 0.4) is 0 Å². The largest absolute Gasteiger partial charge is 0.349 e. The number of fused-ring (bicyclic) bond motifs is 1. The van der Waals surface area contributed by atoms with E-state index in [2.05, 4.69) is 5.32 Å². The highest BCUT2D eigenvalue weighted by Crippen LogP contribution is 2.51. The number of carbonyl (C=O) groups excluding carboxylic acids is 1. The van der Waals surface area contributed by atoms with Crippen molar-refractivity contribution in [2.45, 2.75) is 62.9 Å². The number of halogens is 1. The molecule has 4 aliphatic carbocycles. The third-order valence-corrected chi connectivity index (χ3v) is 4.99. The Kier molecular flexibility index (Phi) is 3.69. The summed E-state index contributed by atoms with van der Waals surface area (Å²) in [6.07, 6.45) is 9.68. The number of nitrogens with two attached hydrogens (primary N) is 1. The molecule has 3 nitrogen and oxygen atoms in total. The lowest BCUT2D eigenvalue weighted by molar-refractivity contribution is -0.126. The second-order valence-corrected chi connectivity index (χ2v) is 6.15. The third-order valence-electron chi connectivity index (χ3n) is 4.99. The Balaban J connectivity index is 0.00000108. The molecule has 0 aromatic carbocycles. The number of rotatable bonds is 3. The van der Waals surface area contributed by atoms with Gasteiger partial charge in [0.05, 0.1) is 6.04 Å². The number of amides is 1. The first-order valence-electron chi connectivity index (χ1n) is 6.76. The predicted octanol–water partition coefficient (Wildman–Crippen LogP) is 1.98. The average Bonchev–Trinajstić information content (AvgIpc) is 2.89. The van der Waals surface area contributed by atoms with Gasteiger partial charge in [-0.25, -0.2) is 0 Å². The summed E-state index contributed by atoms with van der Waals surface area (Å²) >= 11 is 0. The van der Waals surface area contributed by atoms with Gasteiger partial charge in [0.1, 0.15) is 0 Å². The van der Waals surface area contributed by atoms with Gasteiger partial charge in [-0.3, -0.25) is 4.79 Å². The lowest BCUT2D eigenvalue weighted by Gasteiger charge is -2.40. The molecule has 0 aliphatic heterocycles. The molecule has 98 valence electrons. The van der Waals surface area contributed by atoms with Crippen LogP contribution < -0.4 is 11.1 Å². The van der Waals surface area contributed by atoms with Crippen LogP contribution in [0.25, 0.3) is 0 Å². The average molecular weight is 259 g/mol. The van der Waals surface area contributed by atoms with E-state index in [0.717, 1.165) is 18.8 Å². The summed E-state index contributed by atoms with van der Waals surface area (Å²) in [5.41, 5.74) is 6.23. The Morgan fingerprint density at radius 2 is 1.88 bits per heavy atom. The zero-order valence-electron chi connectivity index (χ0n) is 10.3. The minimum Gasteiger partial charge on any atom is -0.349 e. The SMILES string of the molecule is Cl.N[C@@H](C(=O)NC12CCC(C1)C2)C1CCCC1. The van der Waals surface area contributed by atoms with Crippen LogP contribution in [0.5, 0.6) is 0 Å². The van der Waals surface area contributed by atoms with Crippen molar-refractivity contribution in [1.82, 2.24) is 5.32 Å². The normalized spacial score (nSPS) is 37.1. The van der Waals surface area contributed by atoms with Gasteiger partial charge in [-0.2, -0.15) is 0 Å². The van der Waals surface area contributed by atoms with Crippen LogP contribution in [0, 0.1) is 11.8 Å². The second kappa shape index (κ2) is 4.77. The van der Waals surface area contributed by atoms with Gasteiger partial charge in [0.2, 0.25) is 5.91 Å². The number of hydrogen-bond donors (Lipinski definition) is 2. The quantitative estimate of drug-likeness (QED) is 0.813. The van der Waals surface area contributed by atoms with E-state index < -0.39 is 0 Å². The Bertz CT molecular complexity index is 290. The predicted molar refractivity (Wildman–Crippen MR) is 70.0 cm³/mol. The molecule has 17 heavy (non-hydrogen) atoms. The molecular formula is C13H23ClN2O. The van der Waals surface area contributed by atoms with Crippen molar-refractivity contribution in [3.8, 4) is 0 Å². The maximum Gasteiger partial charge on any atom is 0.237 e. The molecule has 4 aliphatic rings. The van der Waals surface area contributed by atoms with Crippen LogP contribution in [0.2, 0.25) is 0 Å². The van der Waals surface area contributed by atoms with Crippen LogP contribution in [0.15, 0.2) is 0 Å². The fourth-order valence-corrected chi connectivity index (χ4v) is 3.97. The number of nitrogens with one attached hydrogen (secondary N) is 1. The van der Waals surface area contributed by atoms with Crippen molar-refractivity contribution in [3.05, 3.63) is 0 Å². The Hall–Kier alpha value is -0.280. The summed E-state index contributed by atoms with van der Waals surface area (Å²) in [4.78, 5) is 12.1. The van der Waals surface area contributed by atoms with E-state index in [1.807, 2.05) is 0 Å². The zero-order chi connectivity index (χ0) is 11.2. The molecule has 2 bridgehead atoms. The minimum atomic E-state index is -0.253. The minimum absolute atomic E-state index is 0. The van der Waals surface area contributed by atoms with Crippen LogP contribution in [-0.2, 0) is 4.79 Å². The zero-order valence-corrected chi connectivity index (χ0v) is 11.1. The van der Waals surface area contributed by atoms with Gasteiger partial charge >= 0.3 is 0 Å². The number of carbonyl (C=O) groups is 1. The summed E-state index contributed by atoms with van der Waals surface area (Å²) in [5.74, 6) is 1.45. The molecule has 1 atom stereocenters. The van der Waals surface area contributed by atoms with Crippen molar-refractivity contribution in [2.24, 2.45) is 17.6 Å². The van der Waals surface area contributed by atoms with E-state index in [-0.39, 0.29) is 29.9 Å². The smallest absolute Gasteiger partial charge is 0.237 e. The summed E-state index contributed by atoms with van der Waals surface area (Å²) in [5, 5.41) is 3.23. The first kappa shape index (κ1) is 13.2. The fraction of sp³-hybridized carbons (Fsp3) is 0.923. The molecule has 4 rings (SSSR count). The van der Waals surface area contributed by atoms with E-state index >= 15 is 0 Å². The second-order valence-electron chi connectivity index (χ2n) is 6.15. The van der Waals surface area contributed by atoms with Crippen LogP contribution in [0.1, 0.15) is 51.4 Å². The molecule has 0 radical (unpaired) electrons.